The fourth-order valence-corrected chi connectivity index (χ4v) is 4.14. The molecule has 0 radical (unpaired) electrons. The van der Waals surface area contributed by atoms with Gasteiger partial charge in [-0.25, -0.2) is 0 Å². The zero-order valence-corrected chi connectivity index (χ0v) is 19.6. The second kappa shape index (κ2) is 10.6. The van der Waals surface area contributed by atoms with Crippen molar-refractivity contribution in [1.82, 2.24) is 4.90 Å². The Hall–Kier alpha value is -3.51. The van der Waals surface area contributed by atoms with Gasteiger partial charge in [0, 0.05) is 10.6 Å². The number of amides is 1. The van der Waals surface area contributed by atoms with Gasteiger partial charge in [-0.1, -0.05) is 43.5 Å². The van der Waals surface area contributed by atoms with Crippen LogP contribution in [0.5, 0.6) is 5.75 Å². The van der Waals surface area contributed by atoms with Crippen molar-refractivity contribution in [3.8, 4) is 5.75 Å². The number of ketones is 1. The molecule has 0 spiro atoms. The van der Waals surface area contributed by atoms with E-state index in [0.29, 0.717) is 34.3 Å². The Balaban J connectivity index is 1.71. The normalized spacial score (nSPS) is 17.4. The molecule has 176 valence electrons. The second-order valence-electron chi connectivity index (χ2n) is 8.14. The van der Waals surface area contributed by atoms with E-state index in [1.807, 2.05) is 24.3 Å². The minimum Gasteiger partial charge on any atom is -0.507 e. The molecule has 2 heterocycles. The van der Waals surface area contributed by atoms with Crippen LogP contribution < -0.4 is 4.74 Å². The molecule has 6 nitrogen and oxygen atoms in total. The Kier molecular flexibility index (Phi) is 7.38. The lowest BCUT2D eigenvalue weighted by atomic mass is 9.95. The topological polar surface area (TPSA) is 80.0 Å². The largest absolute Gasteiger partial charge is 0.507 e. The molecule has 1 unspecified atom stereocenters. The molecule has 1 aromatic heterocycles. The first-order valence-corrected chi connectivity index (χ1v) is 11.7. The van der Waals surface area contributed by atoms with Crippen LogP contribution in [0.2, 0.25) is 5.02 Å². The number of carbonyl (C=O) groups excluding carboxylic acids is 2. The van der Waals surface area contributed by atoms with Crippen LogP contribution in [0.3, 0.4) is 0 Å². The molecule has 2 aromatic carbocycles. The number of halogens is 1. The summed E-state index contributed by atoms with van der Waals surface area (Å²) >= 11 is 5.97. The lowest BCUT2D eigenvalue weighted by Crippen LogP contribution is -2.29. The number of aliphatic hydroxyl groups excluding tert-OH is 1. The van der Waals surface area contributed by atoms with E-state index in [2.05, 4.69) is 6.92 Å². The van der Waals surface area contributed by atoms with Crippen LogP contribution in [0.1, 0.15) is 49.1 Å². The highest BCUT2D eigenvalue weighted by Crippen LogP contribution is 2.40. The first kappa shape index (κ1) is 23.6. The fourth-order valence-electron chi connectivity index (χ4n) is 4.01. The average Bonchev–Trinajstić information content (AvgIpc) is 3.45. The number of hydrogen-bond acceptors (Lipinski definition) is 5. The van der Waals surface area contributed by atoms with E-state index < -0.39 is 17.7 Å². The van der Waals surface area contributed by atoms with Crippen LogP contribution >= 0.6 is 11.6 Å². The zero-order chi connectivity index (χ0) is 24.1. The average molecular weight is 480 g/mol. The summed E-state index contributed by atoms with van der Waals surface area (Å²) in [5, 5.41) is 11.6. The van der Waals surface area contributed by atoms with E-state index in [4.69, 9.17) is 20.8 Å². The number of hydrogen-bond donors (Lipinski definition) is 1. The quantitative estimate of drug-likeness (QED) is 0.173. The SMILES string of the molecule is CCCCCOc1ccc(C2/C(=C(\O)c3ccc(Cl)cc3)C(=O)C(=O)N2Cc2ccco2)cc1. The van der Waals surface area contributed by atoms with Crippen molar-refractivity contribution in [1.29, 1.82) is 0 Å². The van der Waals surface area contributed by atoms with Crippen molar-refractivity contribution in [3.63, 3.8) is 0 Å². The molecule has 4 rings (SSSR count). The summed E-state index contributed by atoms with van der Waals surface area (Å²) in [4.78, 5) is 27.5. The monoisotopic (exact) mass is 479 g/mol. The predicted molar refractivity (Wildman–Crippen MR) is 129 cm³/mol. The van der Waals surface area contributed by atoms with Gasteiger partial charge in [-0.2, -0.15) is 0 Å². The number of aliphatic hydroxyl groups is 1. The van der Waals surface area contributed by atoms with Gasteiger partial charge in [0.15, 0.2) is 0 Å². The molecule has 1 fully saturated rings. The van der Waals surface area contributed by atoms with E-state index in [1.165, 1.54) is 11.2 Å². The number of benzene rings is 2. The summed E-state index contributed by atoms with van der Waals surface area (Å²) in [7, 11) is 0. The van der Waals surface area contributed by atoms with Crippen molar-refractivity contribution in [2.45, 2.75) is 38.8 Å². The molecule has 1 saturated heterocycles. The van der Waals surface area contributed by atoms with Gasteiger partial charge in [0.05, 0.1) is 31.0 Å². The molecule has 0 bridgehead atoms. The van der Waals surface area contributed by atoms with Gasteiger partial charge in [0.25, 0.3) is 11.7 Å². The molecule has 1 amide bonds. The summed E-state index contributed by atoms with van der Waals surface area (Å²) in [6, 6.07) is 16.4. The standard InChI is InChI=1S/C27H26ClNO5/c1-2-3-4-15-33-21-13-9-18(10-14-21)24-23(25(30)19-7-11-20(28)12-8-19)26(31)27(32)29(24)17-22-6-5-16-34-22/h5-14,16,24,30H,2-4,15,17H2,1H3/b25-23+. The van der Waals surface area contributed by atoms with Crippen LogP contribution in [0, 0.1) is 0 Å². The van der Waals surface area contributed by atoms with Crippen molar-refractivity contribution in [3.05, 3.63) is 94.4 Å². The van der Waals surface area contributed by atoms with Crippen LogP contribution in [-0.4, -0.2) is 28.3 Å². The molecule has 1 aliphatic rings. The highest BCUT2D eigenvalue weighted by Gasteiger charge is 2.46. The fraction of sp³-hybridized carbons (Fsp3) is 0.259. The minimum absolute atomic E-state index is 0.0236. The maximum absolute atomic E-state index is 13.1. The van der Waals surface area contributed by atoms with Crippen molar-refractivity contribution in [2.75, 3.05) is 6.61 Å². The van der Waals surface area contributed by atoms with Crippen LogP contribution in [0.4, 0.5) is 0 Å². The second-order valence-corrected chi connectivity index (χ2v) is 8.57. The molecule has 34 heavy (non-hydrogen) atoms. The third-order valence-electron chi connectivity index (χ3n) is 5.78. The van der Waals surface area contributed by atoms with Gasteiger partial charge in [-0.15, -0.1) is 0 Å². The maximum Gasteiger partial charge on any atom is 0.296 e. The Morgan fingerprint density at radius 2 is 1.79 bits per heavy atom. The lowest BCUT2D eigenvalue weighted by molar-refractivity contribution is -0.140. The predicted octanol–water partition coefficient (Wildman–Crippen LogP) is 6.12. The highest BCUT2D eigenvalue weighted by atomic mass is 35.5. The Morgan fingerprint density at radius 3 is 2.44 bits per heavy atom. The van der Waals surface area contributed by atoms with E-state index in [9.17, 15) is 14.7 Å². The number of unbranched alkanes of at least 4 members (excludes halogenated alkanes) is 2. The smallest absolute Gasteiger partial charge is 0.296 e. The molecule has 0 aliphatic carbocycles. The lowest BCUT2D eigenvalue weighted by Gasteiger charge is -2.24. The van der Waals surface area contributed by atoms with Gasteiger partial charge in [-0.3, -0.25) is 9.59 Å². The number of carbonyl (C=O) groups is 2. The summed E-state index contributed by atoms with van der Waals surface area (Å²) < 4.78 is 11.2. The highest BCUT2D eigenvalue weighted by molar-refractivity contribution is 6.46. The summed E-state index contributed by atoms with van der Waals surface area (Å²) in [6.45, 7) is 2.85. The van der Waals surface area contributed by atoms with Crippen molar-refractivity contribution >= 4 is 29.1 Å². The van der Waals surface area contributed by atoms with E-state index in [0.717, 1.165) is 19.3 Å². The number of furan rings is 1. The maximum atomic E-state index is 13.1. The Labute approximate surface area is 203 Å². The summed E-state index contributed by atoms with van der Waals surface area (Å²) in [5.41, 5.74) is 1.11. The third kappa shape index (κ3) is 5.02. The van der Waals surface area contributed by atoms with Crippen LogP contribution in [-0.2, 0) is 16.1 Å². The number of nitrogens with zero attached hydrogens (tertiary/aromatic N) is 1. The molecule has 1 N–H and O–H groups in total. The van der Waals surface area contributed by atoms with E-state index in [1.54, 1.807) is 36.4 Å². The number of likely N-dealkylation sites (tertiary alicyclic amines) is 1. The zero-order valence-electron chi connectivity index (χ0n) is 18.9. The Morgan fingerprint density at radius 1 is 1.06 bits per heavy atom. The molecule has 3 aromatic rings. The van der Waals surface area contributed by atoms with E-state index >= 15 is 0 Å². The number of rotatable bonds is 9. The number of Topliss-reactive ketones (excluding diaryl/α,β-unsaturated/α-hetero) is 1. The van der Waals surface area contributed by atoms with Crippen LogP contribution in [0.25, 0.3) is 5.76 Å². The molecule has 1 aliphatic heterocycles. The summed E-state index contributed by atoms with van der Waals surface area (Å²) in [5.74, 6) is -0.447. The van der Waals surface area contributed by atoms with Crippen molar-refractivity contribution in [2.24, 2.45) is 0 Å². The molecule has 0 saturated carbocycles. The van der Waals surface area contributed by atoms with E-state index in [-0.39, 0.29) is 17.9 Å². The third-order valence-corrected chi connectivity index (χ3v) is 6.03. The van der Waals surface area contributed by atoms with Crippen molar-refractivity contribution < 1.29 is 23.8 Å². The Bertz CT molecular complexity index is 1170. The molecule has 7 heteroatoms. The minimum atomic E-state index is -0.782. The first-order valence-electron chi connectivity index (χ1n) is 11.3. The molecule has 1 atom stereocenters. The molecular weight excluding hydrogens is 454 g/mol. The van der Waals surface area contributed by atoms with Crippen LogP contribution in [0.15, 0.2) is 76.9 Å². The van der Waals surface area contributed by atoms with Gasteiger partial charge in [-0.05, 0) is 60.5 Å². The van der Waals surface area contributed by atoms with Gasteiger partial charge < -0.3 is 19.2 Å². The van der Waals surface area contributed by atoms with Gasteiger partial charge in [0.2, 0.25) is 0 Å². The summed E-state index contributed by atoms with van der Waals surface area (Å²) in [6.07, 6.45) is 4.70. The molecular formula is C27H26ClNO5. The number of ether oxygens (including phenoxy) is 1. The van der Waals surface area contributed by atoms with Gasteiger partial charge in [0.1, 0.15) is 17.3 Å². The van der Waals surface area contributed by atoms with Gasteiger partial charge >= 0.3 is 0 Å². The first-order chi connectivity index (χ1) is 16.5.